The third-order valence-electron chi connectivity index (χ3n) is 6.27. The average Bonchev–Trinajstić information content (AvgIpc) is 3.06. The fourth-order valence-corrected chi connectivity index (χ4v) is 5.82. The predicted molar refractivity (Wildman–Crippen MR) is 125 cm³/mol. The third kappa shape index (κ3) is 3.95. The molecule has 0 aromatic carbocycles. The van der Waals surface area contributed by atoms with Crippen LogP contribution in [0.2, 0.25) is 5.15 Å². The summed E-state index contributed by atoms with van der Waals surface area (Å²) in [6.07, 6.45) is 2.13. The number of carbonyl (C=O) groups is 1. The minimum atomic E-state index is -0.673. The number of amides is 1. The summed E-state index contributed by atoms with van der Waals surface area (Å²) in [7, 11) is 0. The van der Waals surface area contributed by atoms with Gasteiger partial charge in [-0.1, -0.05) is 30.3 Å². The Hall–Kier alpha value is -2.07. The van der Waals surface area contributed by atoms with Crippen LogP contribution in [-0.4, -0.2) is 68.6 Å². The van der Waals surface area contributed by atoms with Gasteiger partial charge in [0.1, 0.15) is 22.3 Å². The maximum Gasteiger partial charge on any atom is 0.410 e. The Morgan fingerprint density at radius 1 is 1.24 bits per heavy atom. The van der Waals surface area contributed by atoms with Gasteiger partial charge in [0.15, 0.2) is 16.1 Å². The largest absolute Gasteiger partial charge is 0.477 e. The van der Waals surface area contributed by atoms with E-state index in [-0.39, 0.29) is 40.8 Å². The Kier molecular flexibility index (Phi) is 5.71. The van der Waals surface area contributed by atoms with E-state index < -0.39 is 11.4 Å². The highest BCUT2D eigenvalue weighted by Gasteiger charge is 2.50. The predicted octanol–water partition coefficient (Wildman–Crippen LogP) is 4.67. The molecule has 33 heavy (non-hydrogen) atoms. The fraction of sp³-hybridized carbons (Fsp3) is 0.636. The molecule has 178 valence electrons. The molecule has 5 heterocycles. The first kappa shape index (κ1) is 22.7. The van der Waals surface area contributed by atoms with E-state index in [2.05, 4.69) is 14.9 Å². The van der Waals surface area contributed by atoms with E-state index in [0.717, 1.165) is 18.6 Å². The van der Waals surface area contributed by atoms with Crippen LogP contribution in [0.3, 0.4) is 0 Å². The van der Waals surface area contributed by atoms with Gasteiger partial charge in [0.25, 0.3) is 0 Å². The maximum atomic E-state index is 15.1. The van der Waals surface area contributed by atoms with Gasteiger partial charge < -0.3 is 14.4 Å². The number of carbonyl (C=O) groups excluding carboxylic acids is 1. The lowest BCUT2D eigenvalue weighted by Crippen LogP contribution is -2.62. The van der Waals surface area contributed by atoms with Crippen molar-refractivity contribution >= 4 is 46.2 Å². The minimum absolute atomic E-state index is 0.0118. The van der Waals surface area contributed by atoms with Crippen molar-refractivity contribution in [1.82, 2.24) is 19.9 Å². The second-order valence-electron chi connectivity index (χ2n) is 9.55. The second-order valence-corrected chi connectivity index (χ2v) is 11.1. The van der Waals surface area contributed by atoms with Crippen molar-refractivity contribution in [3.8, 4) is 5.88 Å². The van der Waals surface area contributed by atoms with Crippen LogP contribution in [0.25, 0.3) is 10.9 Å². The van der Waals surface area contributed by atoms with E-state index in [1.165, 1.54) is 11.8 Å². The van der Waals surface area contributed by atoms with Crippen LogP contribution < -0.4 is 9.64 Å². The average molecular weight is 496 g/mol. The van der Waals surface area contributed by atoms with E-state index in [0.29, 0.717) is 35.9 Å². The molecule has 0 aliphatic carbocycles. The van der Waals surface area contributed by atoms with Crippen LogP contribution in [0, 0.1) is 5.82 Å². The maximum absolute atomic E-state index is 15.1. The number of anilines is 1. The number of aromatic nitrogens is 3. The molecule has 0 N–H and O–H groups in total. The Morgan fingerprint density at radius 2 is 2.03 bits per heavy atom. The number of fused-ring (bicyclic) bond motifs is 5. The molecule has 3 atom stereocenters. The van der Waals surface area contributed by atoms with Gasteiger partial charge in [0.2, 0.25) is 5.88 Å². The van der Waals surface area contributed by atoms with Crippen molar-refractivity contribution in [2.75, 3.05) is 23.8 Å². The first-order valence-corrected chi connectivity index (χ1v) is 12.6. The summed E-state index contributed by atoms with van der Waals surface area (Å²) >= 11 is 7.51. The molecule has 2 aromatic rings. The van der Waals surface area contributed by atoms with Gasteiger partial charge in [-0.05, 0) is 39.4 Å². The van der Waals surface area contributed by atoms with Gasteiger partial charge in [-0.15, -0.1) is 0 Å². The number of piperazine rings is 1. The summed E-state index contributed by atoms with van der Waals surface area (Å²) in [5.74, 6) is 0.919. The number of hydrogen-bond acceptors (Lipinski definition) is 8. The molecule has 2 bridgehead atoms. The van der Waals surface area contributed by atoms with Gasteiger partial charge in [-0.2, -0.15) is 4.98 Å². The molecule has 0 spiro atoms. The highest BCUT2D eigenvalue weighted by Crippen LogP contribution is 2.44. The van der Waals surface area contributed by atoms with Crippen molar-refractivity contribution in [2.45, 2.75) is 75.8 Å². The number of nitrogens with zero attached hydrogens (tertiary/aromatic N) is 5. The second kappa shape index (κ2) is 8.30. The van der Waals surface area contributed by atoms with Crippen LogP contribution in [0.1, 0.15) is 47.0 Å². The van der Waals surface area contributed by atoms with E-state index in [1.807, 2.05) is 32.6 Å². The zero-order chi connectivity index (χ0) is 23.5. The van der Waals surface area contributed by atoms with E-state index in [4.69, 9.17) is 26.1 Å². The minimum Gasteiger partial charge on any atom is -0.477 e. The summed E-state index contributed by atoms with van der Waals surface area (Å²) in [6, 6.07) is -0.0934. The number of ether oxygens (including phenoxy) is 2. The normalized spacial score (nSPS) is 24.2. The highest BCUT2D eigenvalue weighted by atomic mass is 35.5. The molecule has 5 rings (SSSR count). The van der Waals surface area contributed by atoms with Crippen molar-refractivity contribution in [1.29, 1.82) is 0 Å². The summed E-state index contributed by atoms with van der Waals surface area (Å²) in [5, 5.41) is 0.655. The van der Waals surface area contributed by atoms with Crippen LogP contribution in [0.5, 0.6) is 5.88 Å². The quantitative estimate of drug-likeness (QED) is 0.338. The standard InChI is InChI=1S/C22H27ClFN5O3S/c1-5-33-20-25-16-14-18(27-20)28-10-11-6-7-13(29(11)21(30)32-22(2,3)4)12(28)8-9-31-19(14)26-17(23)15(16)24/h11-13H,5-10H2,1-4H3/t11-,12-,13+/m1/s1. The van der Waals surface area contributed by atoms with Crippen LogP contribution in [0.4, 0.5) is 15.0 Å². The zero-order valence-corrected chi connectivity index (χ0v) is 20.7. The van der Waals surface area contributed by atoms with Gasteiger partial charge in [-0.3, -0.25) is 4.90 Å². The number of halogens is 2. The van der Waals surface area contributed by atoms with Gasteiger partial charge in [0, 0.05) is 13.0 Å². The number of thioether (sulfide) groups is 1. The first-order valence-electron chi connectivity index (χ1n) is 11.3. The molecular weight excluding hydrogens is 469 g/mol. The molecular formula is C22H27ClFN5O3S. The Labute approximate surface area is 201 Å². The van der Waals surface area contributed by atoms with Crippen LogP contribution >= 0.6 is 23.4 Å². The lowest BCUT2D eigenvalue weighted by Gasteiger charge is -2.48. The molecule has 11 heteroatoms. The Balaban J connectivity index is 1.62. The molecule has 0 radical (unpaired) electrons. The zero-order valence-electron chi connectivity index (χ0n) is 19.1. The molecule has 1 amide bonds. The summed E-state index contributed by atoms with van der Waals surface area (Å²) in [4.78, 5) is 30.6. The monoisotopic (exact) mass is 495 g/mol. The van der Waals surface area contributed by atoms with E-state index >= 15 is 4.39 Å². The molecule has 0 unspecified atom stereocenters. The summed E-state index contributed by atoms with van der Waals surface area (Å²) < 4.78 is 26.7. The van der Waals surface area contributed by atoms with Crippen molar-refractivity contribution in [3.05, 3.63) is 11.0 Å². The molecule has 3 aliphatic heterocycles. The topological polar surface area (TPSA) is 80.7 Å². The van der Waals surface area contributed by atoms with Gasteiger partial charge >= 0.3 is 6.09 Å². The Morgan fingerprint density at radius 3 is 2.76 bits per heavy atom. The molecule has 2 saturated heterocycles. The smallest absolute Gasteiger partial charge is 0.410 e. The van der Waals surface area contributed by atoms with Gasteiger partial charge in [-0.25, -0.2) is 19.2 Å². The van der Waals surface area contributed by atoms with Crippen molar-refractivity contribution in [3.63, 3.8) is 0 Å². The molecule has 8 nitrogen and oxygen atoms in total. The summed E-state index contributed by atoms with van der Waals surface area (Å²) in [6.45, 7) is 8.56. The first-order chi connectivity index (χ1) is 15.7. The SMILES string of the molecule is CCSc1nc2c3c(nc(Cl)c(F)c3n1)OCC[C@@H]1[C@@H]3CC[C@H](CN21)N3C(=O)OC(C)(C)C. The lowest BCUT2D eigenvalue weighted by molar-refractivity contribution is 0.00637. The Bertz CT molecular complexity index is 1110. The van der Waals surface area contributed by atoms with E-state index in [1.54, 1.807) is 0 Å². The van der Waals surface area contributed by atoms with Crippen LogP contribution in [0.15, 0.2) is 5.16 Å². The van der Waals surface area contributed by atoms with Gasteiger partial charge in [0.05, 0.1) is 24.7 Å². The van der Waals surface area contributed by atoms with Crippen molar-refractivity contribution < 1.29 is 18.7 Å². The number of hydrogen-bond donors (Lipinski definition) is 0. The molecule has 2 aromatic heterocycles. The molecule has 3 aliphatic rings. The lowest BCUT2D eigenvalue weighted by atomic mass is 9.99. The highest BCUT2D eigenvalue weighted by molar-refractivity contribution is 7.99. The van der Waals surface area contributed by atoms with Crippen molar-refractivity contribution in [2.24, 2.45) is 0 Å². The van der Waals surface area contributed by atoms with Crippen LogP contribution in [-0.2, 0) is 4.74 Å². The third-order valence-corrected chi connectivity index (χ3v) is 7.25. The fourth-order valence-electron chi connectivity index (χ4n) is 5.09. The molecule has 2 fully saturated rings. The number of rotatable bonds is 2. The molecule has 0 saturated carbocycles. The van der Waals surface area contributed by atoms with E-state index in [9.17, 15) is 4.79 Å². The number of pyridine rings is 1. The summed E-state index contributed by atoms with van der Waals surface area (Å²) in [5.41, 5.74) is -0.446.